The summed E-state index contributed by atoms with van der Waals surface area (Å²) < 4.78 is 13.1. The highest BCUT2D eigenvalue weighted by Crippen LogP contribution is 2.30. The molecule has 5 heteroatoms. The first-order valence-corrected chi connectivity index (χ1v) is 4.72. The van der Waals surface area contributed by atoms with E-state index in [1.807, 2.05) is 0 Å². The highest BCUT2D eigenvalue weighted by molar-refractivity contribution is 6.31. The van der Waals surface area contributed by atoms with E-state index < -0.39 is 5.82 Å². The average Bonchev–Trinajstić information content (AvgIpc) is 2.58. The molecule has 3 nitrogen and oxygen atoms in total. The lowest BCUT2D eigenvalue weighted by atomic mass is 10.0. The van der Waals surface area contributed by atoms with Crippen LogP contribution in [0.3, 0.4) is 0 Å². The summed E-state index contributed by atoms with van der Waals surface area (Å²) in [5.74, 6) is 0.0146. The van der Waals surface area contributed by atoms with Gasteiger partial charge in [-0.1, -0.05) is 11.6 Å². The summed E-state index contributed by atoms with van der Waals surface area (Å²) in [7, 11) is 0. The molecule has 2 aromatic rings. The normalized spacial score (nSPS) is 10.6. The van der Waals surface area contributed by atoms with E-state index in [4.69, 9.17) is 17.3 Å². The Kier molecular flexibility index (Phi) is 2.36. The van der Waals surface area contributed by atoms with Crippen molar-refractivity contribution in [2.75, 3.05) is 5.73 Å². The van der Waals surface area contributed by atoms with E-state index in [1.54, 1.807) is 19.2 Å². The predicted molar refractivity (Wildman–Crippen MR) is 58.1 cm³/mol. The van der Waals surface area contributed by atoms with E-state index in [9.17, 15) is 4.39 Å². The molecule has 0 unspecified atom stereocenters. The van der Waals surface area contributed by atoms with Crippen LogP contribution in [0.5, 0.6) is 0 Å². The fourth-order valence-corrected chi connectivity index (χ4v) is 1.61. The van der Waals surface area contributed by atoms with Crippen LogP contribution in [0.1, 0.15) is 5.56 Å². The van der Waals surface area contributed by atoms with Crippen LogP contribution >= 0.6 is 11.6 Å². The van der Waals surface area contributed by atoms with Crippen molar-refractivity contribution < 1.29 is 4.39 Å². The maximum atomic E-state index is 13.1. The molecule has 0 saturated heterocycles. The minimum Gasteiger partial charge on any atom is -0.384 e. The van der Waals surface area contributed by atoms with Crippen LogP contribution in [0.25, 0.3) is 11.1 Å². The van der Waals surface area contributed by atoms with Gasteiger partial charge < -0.3 is 5.73 Å². The Hall–Kier alpha value is -1.55. The molecule has 0 aliphatic carbocycles. The number of hydrogen-bond acceptors (Lipinski definition) is 2. The van der Waals surface area contributed by atoms with Crippen molar-refractivity contribution in [2.45, 2.75) is 6.92 Å². The maximum absolute atomic E-state index is 13.1. The van der Waals surface area contributed by atoms with Gasteiger partial charge in [0.25, 0.3) is 0 Å². The topological polar surface area (TPSA) is 54.7 Å². The zero-order valence-corrected chi connectivity index (χ0v) is 8.77. The second-order valence-electron chi connectivity index (χ2n) is 3.28. The number of aryl methyl sites for hydroxylation is 1. The van der Waals surface area contributed by atoms with Crippen LogP contribution in [-0.2, 0) is 0 Å². The van der Waals surface area contributed by atoms with Crippen molar-refractivity contribution >= 4 is 17.4 Å². The Morgan fingerprint density at radius 3 is 2.73 bits per heavy atom. The minimum absolute atomic E-state index is 0.0798. The van der Waals surface area contributed by atoms with Crippen LogP contribution in [-0.4, -0.2) is 10.2 Å². The number of anilines is 1. The SMILES string of the molecule is Cc1cc(F)c(Cl)cc1-c1cn[nH]c1N. The lowest BCUT2D eigenvalue weighted by Gasteiger charge is -2.05. The number of nitrogens with one attached hydrogen (secondary N) is 1. The number of aromatic nitrogens is 2. The molecular formula is C10H9ClFN3. The third-order valence-corrected chi connectivity index (χ3v) is 2.52. The van der Waals surface area contributed by atoms with Crippen molar-refractivity contribution in [1.29, 1.82) is 0 Å². The second kappa shape index (κ2) is 3.55. The van der Waals surface area contributed by atoms with E-state index in [0.29, 0.717) is 5.82 Å². The molecule has 78 valence electrons. The van der Waals surface area contributed by atoms with Crippen LogP contribution < -0.4 is 5.73 Å². The number of nitrogens with zero attached hydrogens (tertiary/aromatic N) is 1. The Labute approximate surface area is 91.1 Å². The molecule has 0 saturated carbocycles. The van der Waals surface area contributed by atoms with Crippen LogP contribution in [0.15, 0.2) is 18.3 Å². The lowest BCUT2D eigenvalue weighted by molar-refractivity contribution is 0.627. The third-order valence-electron chi connectivity index (χ3n) is 2.23. The molecule has 1 aromatic heterocycles. The van der Waals surface area contributed by atoms with Gasteiger partial charge in [0, 0.05) is 5.56 Å². The minimum atomic E-state index is -0.431. The molecule has 3 N–H and O–H groups in total. The van der Waals surface area contributed by atoms with Gasteiger partial charge in [-0.25, -0.2) is 4.39 Å². The van der Waals surface area contributed by atoms with Crippen molar-refractivity contribution in [3.63, 3.8) is 0 Å². The predicted octanol–water partition coefficient (Wildman–Crippen LogP) is 2.76. The van der Waals surface area contributed by atoms with E-state index in [-0.39, 0.29) is 5.02 Å². The number of nitrogens with two attached hydrogens (primary N) is 1. The van der Waals surface area contributed by atoms with Gasteiger partial charge in [0.2, 0.25) is 0 Å². The highest BCUT2D eigenvalue weighted by atomic mass is 35.5. The third kappa shape index (κ3) is 1.68. The molecule has 1 aromatic carbocycles. The average molecular weight is 226 g/mol. The molecule has 0 fully saturated rings. The number of rotatable bonds is 1. The molecule has 0 aliphatic rings. The second-order valence-corrected chi connectivity index (χ2v) is 3.69. The van der Waals surface area contributed by atoms with E-state index in [1.165, 1.54) is 6.07 Å². The van der Waals surface area contributed by atoms with Crippen molar-refractivity contribution in [2.24, 2.45) is 0 Å². The summed E-state index contributed by atoms with van der Waals surface area (Å²) >= 11 is 5.71. The molecule has 0 amide bonds. The van der Waals surface area contributed by atoms with Gasteiger partial charge in [0.15, 0.2) is 0 Å². The van der Waals surface area contributed by atoms with Gasteiger partial charge >= 0.3 is 0 Å². The molecule has 0 aliphatic heterocycles. The van der Waals surface area contributed by atoms with Crippen LogP contribution in [0.4, 0.5) is 10.2 Å². The van der Waals surface area contributed by atoms with Crippen molar-refractivity contribution in [3.8, 4) is 11.1 Å². The standard InChI is InChI=1S/C10H9ClFN3/c1-5-2-9(12)8(11)3-6(5)7-4-14-15-10(7)13/h2-4H,1H3,(H3,13,14,15). The number of aromatic amines is 1. The van der Waals surface area contributed by atoms with Crippen LogP contribution in [0, 0.1) is 12.7 Å². The summed E-state index contributed by atoms with van der Waals surface area (Å²) in [5.41, 5.74) is 7.96. The summed E-state index contributed by atoms with van der Waals surface area (Å²) in [5, 5.41) is 6.50. The van der Waals surface area contributed by atoms with Crippen molar-refractivity contribution in [1.82, 2.24) is 10.2 Å². The molecule has 0 atom stereocenters. The first-order chi connectivity index (χ1) is 7.09. The monoisotopic (exact) mass is 225 g/mol. The molecule has 15 heavy (non-hydrogen) atoms. The molecular weight excluding hydrogens is 217 g/mol. The fourth-order valence-electron chi connectivity index (χ4n) is 1.45. The van der Waals surface area contributed by atoms with Gasteiger partial charge in [0.1, 0.15) is 11.6 Å². The maximum Gasteiger partial charge on any atom is 0.142 e. The van der Waals surface area contributed by atoms with E-state index >= 15 is 0 Å². The van der Waals surface area contributed by atoms with Gasteiger partial charge in [-0.05, 0) is 30.2 Å². The van der Waals surface area contributed by atoms with Crippen molar-refractivity contribution in [3.05, 3.63) is 34.7 Å². The quantitative estimate of drug-likeness (QED) is 0.784. The van der Waals surface area contributed by atoms with Gasteiger partial charge in [-0.3, -0.25) is 5.10 Å². The molecule has 2 rings (SSSR count). The molecule has 0 spiro atoms. The summed E-state index contributed by atoms with van der Waals surface area (Å²) in [6, 6.07) is 2.93. The largest absolute Gasteiger partial charge is 0.384 e. The van der Waals surface area contributed by atoms with Gasteiger partial charge in [-0.2, -0.15) is 5.10 Å². The molecule has 0 radical (unpaired) electrons. The smallest absolute Gasteiger partial charge is 0.142 e. The van der Waals surface area contributed by atoms with Crippen LogP contribution in [0.2, 0.25) is 5.02 Å². The number of halogens is 2. The first kappa shape index (κ1) is 9.98. The summed E-state index contributed by atoms with van der Waals surface area (Å²) in [6.45, 7) is 1.79. The number of benzene rings is 1. The highest BCUT2D eigenvalue weighted by Gasteiger charge is 2.11. The Bertz CT molecular complexity index is 507. The number of nitrogen functional groups attached to an aromatic ring is 1. The molecule has 0 bridgehead atoms. The first-order valence-electron chi connectivity index (χ1n) is 4.34. The fraction of sp³-hybridized carbons (Fsp3) is 0.100. The Balaban J connectivity index is 2.64. The summed E-state index contributed by atoms with van der Waals surface area (Å²) in [4.78, 5) is 0. The Morgan fingerprint density at radius 1 is 1.40 bits per heavy atom. The molecule has 1 heterocycles. The number of H-pyrrole nitrogens is 1. The number of hydrogen-bond donors (Lipinski definition) is 2. The van der Waals surface area contributed by atoms with Gasteiger partial charge in [0.05, 0.1) is 11.2 Å². The van der Waals surface area contributed by atoms with E-state index in [0.717, 1.165) is 16.7 Å². The lowest BCUT2D eigenvalue weighted by Crippen LogP contribution is -1.91. The Morgan fingerprint density at radius 2 is 2.13 bits per heavy atom. The zero-order chi connectivity index (χ0) is 11.0. The van der Waals surface area contributed by atoms with Gasteiger partial charge in [-0.15, -0.1) is 0 Å². The van der Waals surface area contributed by atoms with E-state index in [2.05, 4.69) is 10.2 Å². The summed E-state index contributed by atoms with van der Waals surface area (Å²) in [6.07, 6.45) is 1.59. The zero-order valence-electron chi connectivity index (χ0n) is 8.01.